The SMILES string of the molecule is COC(=O)c1c(-c2ccccn2)n[nH]c1C. The number of pyridine rings is 1. The molecule has 0 saturated heterocycles. The van der Waals surface area contributed by atoms with Crippen molar-refractivity contribution < 1.29 is 9.53 Å². The van der Waals surface area contributed by atoms with Gasteiger partial charge in [0.15, 0.2) is 0 Å². The van der Waals surface area contributed by atoms with E-state index in [2.05, 4.69) is 15.2 Å². The number of nitrogens with zero attached hydrogens (tertiary/aromatic N) is 2. The van der Waals surface area contributed by atoms with E-state index in [1.165, 1.54) is 7.11 Å². The number of H-pyrrole nitrogens is 1. The van der Waals surface area contributed by atoms with Crippen LogP contribution in [0.15, 0.2) is 24.4 Å². The van der Waals surface area contributed by atoms with E-state index in [1.807, 2.05) is 6.07 Å². The van der Waals surface area contributed by atoms with E-state index in [4.69, 9.17) is 4.74 Å². The van der Waals surface area contributed by atoms with Gasteiger partial charge in [0.25, 0.3) is 0 Å². The van der Waals surface area contributed by atoms with Gasteiger partial charge in [-0.3, -0.25) is 10.1 Å². The van der Waals surface area contributed by atoms with Gasteiger partial charge in [-0.2, -0.15) is 5.10 Å². The molecule has 0 aliphatic rings. The molecule has 0 aliphatic heterocycles. The van der Waals surface area contributed by atoms with E-state index in [9.17, 15) is 4.79 Å². The molecule has 2 heterocycles. The minimum Gasteiger partial charge on any atom is -0.465 e. The second-order valence-electron chi connectivity index (χ2n) is 3.28. The molecule has 16 heavy (non-hydrogen) atoms. The standard InChI is InChI=1S/C11H11N3O2/c1-7-9(11(15)16-2)10(14-13-7)8-5-3-4-6-12-8/h3-6H,1-2H3,(H,13,14). The van der Waals surface area contributed by atoms with Gasteiger partial charge in [-0.05, 0) is 19.1 Å². The van der Waals surface area contributed by atoms with Crippen LogP contribution in [0.1, 0.15) is 16.1 Å². The van der Waals surface area contributed by atoms with E-state index in [0.717, 1.165) is 0 Å². The molecule has 2 aromatic heterocycles. The van der Waals surface area contributed by atoms with E-state index >= 15 is 0 Å². The summed E-state index contributed by atoms with van der Waals surface area (Å²) in [5.74, 6) is -0.410. The third-order valence-electron chi connectivity index (χ3n) is 2.24. The van der Waals surface area contributed by atoms with Crippen molar-refractivity contribution in [3.8, 4) is 11.4 Å². The van der Waals surface area contributed by atoms with E-state index in [1.54, 1.807) is 25.3 Å². The molecule has 0 aromatic carbocycles. The topological polar surface area (TPSA) is 67.9 Å². The fourth-order valence-electron chi connectivity index (χ4n) is 1.47. The quantitative estimate of drug-likeness (QED) is 0.775. The fourth-order valence-corrected chi connectivity index (χ4v) is 1.47. The van der Waals surface area contributed by atoms with Crippen molar-refractivity contribution in [2.75, 3.05) is 7.11 Å². The normalized spacial score (nSPS) is 10.1. The van der Waals surface area contributed by atoms with Crippen molar-refractivity contribution in [3.63, 3.8) is 0 Å². The van der Waals surface area contributed by atoms with Crippen molar-refractivity contribution in [1.29, 1.82) is 0 Å². The molecule has 0 saturated carbocycles. The van der Waals surface area contributed by atoms with Gasteiger partial charge < -0.3 is 4.74 Å². The molecule has 5 nitrogen and oxygen atoms in total. The molecule has 0 radical (unpaired) electrons. The number of carbonyl (C=O) groups excluding carboxylic acids is 1. The van der Waals surface area contributed by atoms with Crippen LogP contribution >= 0.6 is 0 Å². The van der Waals surface area contributed by atoms with Gasteiger partial charge in [0.2, 0.25) is 0 Å². The summed E-state index contributed by atoms with van der Waals surface area (Å²) in [6, 6.07) is 5.44. The van der Waals surface area contributed by atoms with Gasteiger partial charge in [-0.15, -0.1) is 0 Å². The first-order valence-electron chi connectivity index (χ1n) is 4.78. The van der Waals surface area contributed by atoms with E-state index in [0.29, 0.717) is 22.6 Å². The van der Waals surface area contributed by atoms with Crippen LogP contribution in [-0.4, -0.2) is 28.3 Å². The smallest absolute Gasteiger partial charge is 0.342 e. The summed E-state index contributed by atoms with van der Waals surface area (Å²) in [7, 11) is 1.34. The first-order valence-corrected chi connectivity index (χ1v) is 4.78. The summed E-state index contributed by atoms with van der Waals surface area (Å²) in [5, 5.41) is 6.83. The van der Waals surface area contributed by atoms with Crippen LogP contribution in [0.3, 0.4) is 0 Å². The molecule has 5 heteroatoms. The second-order valence-corrected chi connectivity index (χ2v) is 3.28. The van der Waals surface area contributed by atoms with E-state index < -0.39 is 5.97 Å². The molecule has 2 aromatic rings. The zero-order valence-corrected chi connectivity index (χ0v) is 9.02. The maximum absolute atomic E-state index is 11.6. The number of hydrogen-bond acceptors (Lipinski definition) is 4. The van der Waals surface area contributed by atoms with Crippen LogP contribution in [0, 0.1) is 6.92 Å². The lowest BCUT2D eigenvalue weighted by Gasteiger charge is -2.00. The highest BCUT2D eigenvalue weighted by atomic mass is 16.5. The summed E-state index contributed by atoms with van der Waals surface area (Å²) in [5.41, 5.74) is 2.27. The van der Waals surface area contributed by atoms with Gasteiger partial charge in [0.05, 0.1) is 12.8 Å². The molecule has 2 rings (SSSR count). The van der Waals surface area contributed by atoms with Crippen molar-refractivity contribution >= 4 is 5.97 Å². The van der Waals surface area contributed by atoms with Crippen LogP contribution < -0.4 is 0 Å². The van der Waals surface area contributed by atoms with Crippen molar-refractivity contribution in [2.45, 2.75) is 6.92 Å². The van der Waals surface area contributed by atoms with Gasteiger partial charge in [-0.1, -0.05) is 6.07 Å². The Hall–Kier alpha value is -2.17. The summed E-state index contributed by atoms with van der Waals surface area (Å²) >= 11 is 0. The number of rotatable bonds is 2. The monoisotopic (exact) mass is 217 g/mol. The Morgan fingerprint density at radius 2 is 2.25 bits per heavy atom. The lowest BCUT2D eigenvalue weighted by atomic mass is 10.1. The van der Waals surface area contributed by atoms with Crippen molar-refractivity contribution in [3.05, 3.63) is 35.7 Å². The Labute approximate surface area is 92.5 Å². The average molecular weight is 217 g/mol. The maximum atomic E-state index is 11.6. The zero-order valence-electron chi connectivity index (χ0n) is 9.02. The molecule has 0 unspecified atom stereocenters. The first-order chi connectivity index (χ1) is 7.74. The summed E-state index contributed by atoms with van der Waals surface area (Å²) in [4.78, 5) is 15.7. The Balaban J connectivity index is 2.55. The van der Waals surface area contributed by atoms with Crippen molar-refractivity contribution in [1.82, 2.24) is 15.2 Å². The maximum Gasteiger partial charge on any atom is 0.342 e. The number of aromatic amines is 1. The molecule has 0 spiro atoms. The Bertz CT molecular complexity index is 505. The highest BCUT2D eigenvalue weighted by Crippen LogP contribution is 2.21. The molecule has 82 valence electrons. The predicted octanol–water partition coefficient (Wildman–Crippen LogP) is 1.57. The van der Waals surface area contributed by atoms with Crippen LogP contribution in [0.25, 0.3) is 11.4 Å². The molecule has 0 aliphatic carbocycles. The molecule has 0 fully saturated rings. The molecule has 0 bridgehead atoms. The first kappa shape index (κ1) is 10.4. The number of esters is 1. The number of hydrogen-bond donors (Lipinski definition) is 1. The summed E-state index contributed by atoms with van der Waals surface area (Å²) in [6.45, 7) is 1.77. The second kappa shape index (κ2) is 4.14. The van der Waals surface area contributed by atoms with Crippen LogP contribution in [0.2, 0.25) is 0 Å². The van der Waals surface area contributed by atoms with E-state index in [-0.39, 0.29) is 0 Å². The Kier molecular flexibility index (Phi) is 2.68. The molecule has 0 amide bonds. The minimum absolute atomic E-state index is 0.410. The third kappa shape index (κ3) is 1.67. The largest absolute Gasteiger partial charge is 0.465 e. The fraction of sp³-hybridized carbons (Fsp3) is 0.182. The van der Waals surface area contributed by atoms with Crippen LogP contribution in [0.5, 0.6) is 0 Å². The number of aryl methyl sites for hydroxylation is 1. The lowest BCUT2D eigenvalue weighted by molar-refractivity contribution is 0.0601. The predicted molar refractivity (Wildman–Crippen MR) is 57.9 cm³/mol. The van der Waals surface area contributed by atoms with Gasteiger partial charge in [0, 0.05) is 11.9 Å². The third-order valence-corrected chi connectivity index (χ3v) is 2.24. The highest BCUT2D eigenvalue weighted by molar-refractivity contribution is 5.96. The van der Waals surface area contributed by atoms with Crippen LogP contribution in [0.4, 0.5) is 0 Å². The average Bonchev–Trinajstić information content (AvgIpc) is 2.71. The zero-order chi connectivity index (χ0) is 11.5. The summed E-state index contributed by atoms with van der Waals surface area (Å²) < 4.78 is 4.71. The Morgan fingerprint density at radius 1 is 1.44 bits per heavy atom. The molecular weight excluding hydrogens is 206 g/mol. The molecule has 0 atom stereocenters. The molecular formula is C11H11N3O2. The lowest BCUT2D eigenvalue weighted by Crippen LogP contribution is -2.04. The van der Waals surface area contributed by atoms with Crippen LogP contribution in [-0.2, 0) is 4.74 Å². The summed E-state index contributed by atoms with van der Waals surface area (Å²) in [6.07, 6.45) is 1.65. The molecule has 1 N–H and O–H groups in total. The number of carbonyl (C=O) groups is 1. The minimum atomic E-state index is -0.410. The number of ether oxygens (including phenoxy) is 1. The van der Waals surface area contributed by atoms with Gasteiger partial charge in [-0.25, -0.2) is 4.79 Å². The van der Waals surface area contributed by atoms with Crippen molar-refractivity contribution in [2.24, 2.45) is 0 Å². The number of methoxy groups -OCH3 is 1. The van der Waals surface area contributed by atoms with Gasteiger partial charge >= 0.3 is 5.97 Å². The number of nitrogens with one attached hydrogen (secondary N) is 1. The van der Waals surface area contributed by atoms with Gasteiger partial charge in [0.1, 0.15) is 11.3 Å². The highest BCUT2D eigenvalue weighted by Gasteiger charge is 2.20. The number of aromatic nitrogens is 3. The Morgan fingerprint density at radius 3 is 2.88 bits per heavy atom.